The Morgan fingerprint density at radius 2 is 2.18 bits per heavy atom. The Kier molecular flexibility index (Phi) is 2.21. The molecule has 0 spiro atoms. The fraction of sp³-hybridized carbons (Fsp3) is 0.889. The Morgan fingerprint density at radius 3 is 2.55 bits per heavy atom. The number of hydrogen-bond acceptors (Lipinski definition) is 2. The molecule has 0 aromatic heterocycles. The number of carbonyl (C=O) groups excluding carboxylic acids is 1. The third kappa shape index (κ3) is 1.55. The standard InChI is InChI=1S/C9H16O2/c1-9(2)6-4-5-7(9)8(10)11-3/h7H,4-6H2,1-3H3/t7-/m0/s1. The van der Waals surface area contributed by atoms with Crippen molar-refractivity contribution in [1.82, 2.24) is 0 Å². The van der Waals surface area contributed by atoms with Crippen LogP contribution >= 0.6 is 0 Å². The molecule has 0 radical (unpaired) electrons. The monoisotopic (exact) mass is 156 g/mol. The molecule has 1 aliphatic carbocycles. The predicted octanol–water partition coefficient (Wildman–Crippen LogP) is 1.99. The van der Waals surface area contributed by atoms with E-state index in [4.69, 9.17) is 4.74 Å². The first-order chi connectivity index (χ1) is 5.08. The maximum Gasteiger partial charge on any atom is 0.309 e. The summed E-state index contributed by atoms with van der Waals surface area (Å²) in [6.07, 6.45) is 3.30. The summed E-state index contributed by atoms with van der Waals surface area (Å²) >= 11 is 0. The lowest BCUT2D eigenvalue weighted by molar-refractivity contribution is -0.148. The van der Waals surface area contributed by atoms with Gasteiger partial charge in [0.05, 0.1) is 13.0 Å². The maximum absolute atomic E-state index is 11.2. The minimum Gasteiger partial charge on any atom is -0.469 e. The second kappa shape index (κ2) is 2.84. The van der Waals surface area contributed by atoms with Gasteiger partial charge in [-0.15, -0.1) is 0 Å². The normalized spacial score (nSPS) is 28.5. The first kappa shape index (κ1) is 8.57. The van der Waals surface area contributed by atoms with Gasteiger partial charge in [-0.25, -0.2) is 0 Å². The van der Waals surface area contributed by atoms with E-state index in [-0.39, 0.29) is 17.3 Å². The fourth-order valence-corrected chi connectivity index (χ4v) is 1.91. The summed E-state index contributed by atoms with van der Waals surface area (Å²) in [6.45, 7) is 4.28. The zero-order valence-electron chi connectivity index (χ0n) is 7.52. The van der Waals surface area contributed by atoms with Crippen molar-refractivity contribution >= 4 is 5.97 Å². The van der Waals surface area contributed by atoms with E-state index in [9.17, 15) is 4.79 Å². The minimum absolute atomic E-state index is 0.0347. The third-order valence-corrected chi connectivity index (χ3v) is 2.74. The van der Waals surface area contributed by atoms with Gasteiger partial charge in [-0.3, -0.25) is 4.79 Å². The highest BCUT2D eigenvalue weighted by molar-refractivity contribution is 5.73. The van der Waals surface area contributed by atoms with Gasteiger partial charge in [-0.2, -0.15) is 0 Å². The average molecular weight is 156 g/mol. The van der Waals surface area contributed by atoms with Crippen LogP contribution in [0.25, 0.3) is 0 Å². The number of methoxy groups -OCH3 is 1. The molecular formula is C9H16O2. The number of hydrogen-bond donors (Lipinski definition) is 0. The topological polar surface area (TPSA) is 26.3 Å². The van der Waals surface area contributed by atoms with E-state index in [0.717, 1.165) is 19.3 Å². The number of ether oxygens (including phenoxy) is 1. The molecule has 1 rings (SSSR count). The Bertz CT molecular complexity index is 161. The van der Waals surface area contributed by atoms with Crippen LogP contribution in [-0.4, -0.2) is 13.1 Å². The summed E-state index contributed by atoms with van der Waals surface area (Å²) in [7, 11) is 1.47. The molecule has 0 aromatic rings. The molecule has 0 aromatic carbocycles. The van der Waals surface area contributed by atoms with Crippen LogP contribution in [0.2, 0.25) is 0 Å². The van der Waals surface area contributed by atoms with Gasteiger partial charge in [0, 0.05) is 0 Å². The van der Waals surface area contributed by atoms with Gasteiger partial charge in [-0.1, -0.05) is 20.3 Å². The molecule has 0 saturated heterocycles. The largest absolute Gasteiger partial charge is 0.469 e. The van der Waals surface area contributed by atoms with E-state index in [1.165, 1.54) is 7.11 Å². The molecule has 2 heteroatoms. The smallest absolute Gasteiger partial charge is 0.309 e. The summed E-state index contributed by atoms with van der Waals surface area (Å²) in [5.41, 5.74) is 0.160. The number of esters is 1. The molecule has 0 aliphatic heterocycles. The summed E-state index contributed by atoms with van der Waals surface area (Å²) in [5.74, 6) is 0.0972. The van der Waals surface area contributed by atoms with Crippen LogP contribution in [0.5, 0.6) is 0 Å². The Hall–Kier alpha value is -0.530. The average Bonchev–Trinajstić information content (AvgIpc) is 2.28. The molecule has 11 heavy (non-hydrogen) atoms. The van der Waals surface area contributed by atoms with Crippen molar-refractivity contribution in [2.24, 2.45) is 11.3 Å². The van der Waals surface area contributed by atoms with Gasteiger partial charge < -0.3 is 4.74 Å². The van der Waals surface area contributed by atoms with Crippen molar-refractivity contribution in [3.05, 3.63) is 0 Å². The van der Waals surface area contributed by atoms with Gasteiger partial charge in [0.2, 0.25) is 0 Å². The predicted molar refractivity (Wildman–Crippen MR) is 43.1 cm³/mol. The molecule has 1 atom stereocenters. The van der Waals surface area contributed by atoms with E-state index in [2.05, 4.69) is 13.8 Å². The van der Waals surface area contributed by atoms with Crippen LogP contribution < -0.4 is 0 Å². The number of carbonyl (C=O) groups is 1. The van der Waals surface area contributed by atoms with Crippen LogP contribution in [0.4, 0.5) is 0 Å². The highest BCUT2D eigenvalue weighted by Crippen LogP contribution is 2.42. The van der Waals surface area contributed by atoms with E-state index >= 15 is 0 Å². The molecular weight excluding hydrogens is 140 g/mol. The minimum atomic E-state index is -0.0347. The Morgan fingerprint density at radius 1 is 1.55 bits per heavy atom. The zero-order chi connectivity index (χ0) is 8.48. The molecule has 0 N–H and O–H groups in total. The SMILES string of the molecule is COC(=O)[C@@H]1CCCC1(C)C. The van der Waals surface area contributed by atoms with Crippen molar-refractivity contribution < 1.29 is 9.53 Å². The van der Waals surface area contributed by atoms with Crippen molar-refractivity contribution in [2.75, 3.05) is 7.11 Å². The van der Waals surface area contributed by atoms with Gasteiger partial charge in [-0.05, 0) is 18.3 Å². The Balaban J connectivity index is 2.64. The molecule has 0 bridgehead atoms. The summed E-state index contributed by atoms with van der Waals surface area (Å²) in [6, 6.07) is 0. The molecule has 0 heterocycles. The number of rotatable bonds is 1. The summed E-state index contributed by atoms with van der Waals surface area (Å²) < 4.78 is 4.73. The summed E-state index contributed by atoms with van der Waals surface area (Å²) in [4.78, 5) is 11.2. The van der Waals surface area contributed by atoms with Crippen molar-refractivity contribution in [3.8, 4) is 0 Å². The van der Waals surface area contributed by atoms with E-state index in [1.54, 1.807) is 0 Å². The van der Waals surface area contributed by atoms with Crippen molar-refractivity contribution in [1.29, 1.82) is 0 Å². The van der Waals surface area contributed by atoms with Crippen LogP contribution in [0.1, 0.15) is 33.1 Å². The second-order valence-electron chi connectivity index (χ2n) is 3.96. The van der Waals surface area contributed by atoms with Crippen LogP contribution in [0.3, 0.4) is 0 Å². The molecule has 0 amide bonds. The molecule has 2 nitrogen and oxygen atoms in total. The third-order valence-electron chi connectivity index (χ3n) is 2.74. The van der Waals surface area contributed by atoms with Crippen LogP contribution in [0.15, 0.2) is 0 Å². The van der Waals surface area contributed by atoms with Gasteiger partial charge in [0.15, 0.2) is 0 Å². The molecule has 1 aliphatic rings. The molecule has 1 saturated carbocycles. The van der Waals surface area contributed by atoms with Crippen molar-refractivity contribution in [3.63, 3.8) is 0 Å². The first-order valence-corrected chi connectivity index (χ1v) is 4.16. The highest BCUT2D eigenvalue weighted by atomic mass is 16.5. The lowest BCUT2D eigenvalue weighted by Gasteiger charge is -2.24. The van der Waals surface area contributed by atoms with Gasteiger partial charge in [0.1, 0.15) is 0 Å². The van der Waals surface area contributed by atoms with Crippen LogP contribution in [0, 0.1) is 11.3 Å². The lowest BCUT2D eigenvalue weighted by atomic mass is 9.82. The quantitative estimate of drug-likeness (QED) is 0.543. The van der Waals surface area contributed by atoms with Gasteiger partial charge in [0.25, 0.3) is 0 Å². The molecule has 0 unspecified atom stereocenters. The summed E-state index contributed by atoms with van der Waals surface area (Å²) in [5, 5.41) is 0. The van der Waals surface area contributed by atoms with Gasteiger partial charge >= 0.3 is 5.97 Å². The van der Waals surface area contributed by atoms with E-state index < -0.39 is 0 Å². The Labute approximate surface area is 67.9 Å². The second-order valence-corrected chi connectivity index (χ2v) is 3.96. The van der Waals surface area contributed by atoms with E-state index in [1.807, 2.05) is 0 Å². The van der Waals surface area contributed by atoms with Crippen molar-refractivity contribution in [2.45, 2.75) is 33.1 Å². The highest BCUT2D eigenvalue weighted by Gasteiger charge is 2.39. The first-order valence-electron chi connectivity index (χ1n) is 4.16. The van der Waals surface area contributed by atoms with E-state index in [0.29, 0.717) is 0 Å². The maximum atomic E-state index is 11.2. The lowest BCUT2D eigenvalue weighted by Crippen LogP contribution is -2.26. The molecule has 1 fully saturated rings. The molecule has 64 valence electrons. The van der Waals surface area contributed by atoms with Crippen LogP contribution in [-0.2, 0) is 9.53 Å². The fourth-order valence-electron chi connectivity index (χ4n) is 1.91. The zero-order valence-corrected chi connectivity index (χ0v) is 7.52.